The highest BCUT2D eigenvalue weighted by Gasteiger charge is 2.20. The predicted octanol–water partition coefficient (Wildman–Crippen LogP) is 3.12. The lowest BCUT2D eigenvalue weighted by atomic mass is 10.0. The van der Waals surface area contributed by atoms with Crippen molar-refractivity contribution in [2.75, 3.05) is 6.54 Å². The zero-order valence-corrected chi connectivity index (χ0v) is 10.1. The fraction of sp³-hybridized carbons (Fsp3) is 0.250. The van der Waals surface area contributed by atoms with Crippen LogP contribution in [-0.4, -0.2) is 11.5 Å². The molecule has 2 nitrogen and oxygen atoms in total. The number of thiazole rings is 1. The molecule has 1 unspecified atom stereocenters. The van der Waals surface area contributed by atoms with Gasteiger partial charge in [0, 0.05) is 10.9 Å². The first-order valence-corrected chi connectivity index (χ1v) is 6.23. The van der Waals surface area contributed by atoms with Gasteiger partial charge in [-0.15, -0.1) is 11.3 Å². The third kappa shape index (κ3) is 2.50. The molecule has 1 atom stereocenters. The molecule has 90 valence electrons. The summed E-state index contributed by atoms with van der Waals surface area (Å²) in [4.78, 5) is 4.15. The summed E-state index contributed by atoms with van der Waals surface area (Å²) in [6, 6.07) is 3.79. The number of rotatable bonds is 4. The van der Waals surface area contributed by atoms with E-state index in [0.717, 1.165) is 6.07 Å². The summed E-state index contributed by atoms with van der Waals surface area (Å²) in [6.07, 6.45) is 0. The Morgan fingerprint density at radius 2 is 2.24 bits per heavy atom. The highest BCUT2D eigenvalue weighted by Crippen LogP contribution is 2.25. The number of hydrogen-bond donors (Lipinski definition) is 1. The molecule has 1 N–H and O–H groups in total. The lowest BCUT2D eigenvalue weighted by molar-refractivity contribution is 0.481. The first-order valence-electron chi connectivity index (χ1n) is 5.29. The Labute approximate surface area is 102 Å². The minimum Gasteiger partial charge on any atom is -0.305 e. The van der Waals surface area contributed by atoms with E-state index < -0.39 is 17.7 Å². The summed E-state index contributed by atoms with van der Waals surface area (Å²) in [7, 11) is 0. The average molecular weight is 254 g/mol. The van der Waals surface area contributed by atoms with E-state index in [1.807, 2.05) is 12.3 Å². The van der Waals surface area contributed by atoms with Crippen LogP contribution < -0.4 is 5.32 Å². The van der Waals surface area contributed by atoms with Gasteiger partial charge in [0.25, 0.3) is 0 Å². The Hall–Kier alpha value is -1.33. The second-order valence-electron chi connectivity index (χ2n) is 3.55. The third-order valence-corrected chi connectivity index (χ3v) is 3.05. The molecule has 0 saturated heterocycles. The van der Waals surface area contributed by atoms with Gasteiger partial charge in [0.2, 0.25) is 0 Å². The maximum absolute atomic E-state index is 13.7. The van der Waals surface area contributed by atoms with E-state index in [1.165, 1.54) is 17.4 Å². The molecule has 0 aliphatic heterocycles. The van der Waals surface area contributed by atoms with Crippen LogP contribution >= 0.6 is 11.3 Å². The van der Waals surface area contributed by atoms with E-state index >= 15 is 0 Å². The highest BCUT2D eigenvalue weighted by atomic mass is 32.1. The van der Waals surface area contributed by atoms with E-state index in [9.17, 15) is 8.78 Å². The maximum atomic E-state index is 13.7. The van der Waals surface area contributed by atoms with E-state index in [2.05, 4.69) is 10.3 Å². The van der Waals surface area contributed by atoms with Gasteiger partial charge in [-0.05, 0) is 12.6 Å². The van der Waals surface area contributed by atoms with E-state index in [0.29, 0.717) is 12.2 Å². The Balaban J connectivity index is 2.43. The number of benzene rings is 1. The molecule has 0 aliphatic rings. The van der Waals surface area contributed by atoms with Gasteiger partial charge in [0.1, 0.15) is 0 Å². The fourth-order valence-corrected chi connectivity index (χ4v) is 2.27. The summed E-state index contributed by atoms with van der Waals surface area (Å²) in [5, 5.41) is 4.94. The Morgan fingerprint density at radius 3 is 2.88 bits per heavy atom. The second-order valence-corrected chi connectivity index (χ2v) is 4.27. The number of hydrogen-bond acceptors (Lipinski definition) is 3. The molecule has 0 radical (unpaired) electrons. The number of nitrogens with one attached hydrogen (secondary N) is 1. The van der Waals surface area contributed by atoms with Crippen molar-refractivity contribution in [2.45, 2.75) is 13.0 Å². The molecule has 0 saturated carbocycles. The Bertz CT molecular complexity index is 485. The molecule has 0 amide bonds. The predicted molar refractivity (Wildman–Crippen MR) is 64.0 cm³/mol. The van der Waals surface area contributed by atoms with Gasteiger partial charge in [-0.3, -0.25) is 0 Å². The lowest BCUT2D eigenvalue weighted by Crippen LogP contribution is -2.23. The van der Waals surface area contributed by atoms with Crippen molar-refractivity contribution in [3.8, 4) is 0 Å². The number of halogens is 2. The Kier molecular flexibility index (Phi) is 3.81. The summed E-state index contributed by atoms with van der Waals surface area (Å²) >= 11 is 1.43. The van der Waals surface area contributed by atoms with Gasteiger partial charge >= 0.3 is 0 Å². The van der Waals surface area contributed by atoms with Crippen molar-refractivity contribution in [3.05, 3.63) is 52.0 Å². The van der Waals surface area contributed by atoms with Gasteiger partial charge in [-0.25, -0.2) is 13.8 Å². The van der Waals surface area contributed by atoms with Crippen molar-refractivity contribution in [1.82, 2.24) is 10.3 Å². The van der Waals surface area contributed by atoms with Crippen molar-refractivity contribution in [1.29, 1.82) is 0 Å². The molecule has 5 heteroatoms. The quantitative estimate of drug-likeness (QED) is 0.906. The first kappa shape index (κ1) is 12.1. The lowest BCUT2D eigenvalue weighted by Gasteiger charge is -2.17. The highest BCUT2D eigenvalue weighted by molar-refractivity contribution is 7.07. The molecule has 0 bridgehead atoms. The first-order chi connectivity index (χ1) is 8.24. The van der Waals surface area contributed by atoms with Crippen LogP contribution in [0.25, 0.3) is 0 Å². The van der Waals surface area contributed by atoms with Crippen molar-refractivity contribution in [2.24, 2.45) is 0 Å². The van der Waals surface area contributed by atoms with Gasteiger partial charge < -0.3 is 5.32 Å². The smallest absolute Gasteiger partial charge is 0.163 e. The average Bonchev–Trinajstić information content (AvgIpc) is 2.84. The number of aromatic nitrogens is 1. The van der Waals surface area contributed by atoms with E-state index in [-0.39, 0.29) is 5.56 Å². The van der Waals surface area contributed by atoms with Crippen LogP contribution in [0, 0.1) is 11.6 Å². The molecule has 2 aromatic rings. The van der Waals surface area contributed by atoms with Crippen LogP contribution in [0.3, 0.4) is 0 Å². The zero-order chi connectivity index (χ0) is 12.3. The van der Waals surface area contributed by atoms with Crippen molar-refractivity contribution in [3.63, 3.8) is 0 Å². The largest absolute Gasteiger partial charge is 0.305 e. The molecule has 0 fully saturated rings. The molecule has 1 aromatic heterocycles. The van der Waals surface area contributed by atoms with Gasteiger partial charge in [0.15, 0.2) is 11.6 Å². The van der Waals surface area contributed by atoms with E-state index in [1.54, 1.807) is 11.6 Å². The third-order valence-electron chi connectivity index (χ3n) is 2.45. The fourth-order valence-electron chi connectivity index (χ4n) is 1.69. The normalized spacial score (nSPS) is 12.6. The zero-order valence-electron chi connectivity index (χ0n) is 9.28. The second kappa shape index (κ2) is 5.33. The molecule has 17 heavy (non-hydrogen) atoms. The van der Waals surface area contributed by atoms with Crippen LogP contribution in [0.15, 0.2) is 29.1 Å². The topological polar surface area (TPSA) is 24.9 Å². The molecular formula is C12H12F2N2S. The Morgan fingerprint density at radius 1 is 1.41 bits per heavy atom. The summed E-state index contributed by atoms with van der Waals surface area (Å²) in [6.45, 7) is 2.56. The summed E-state index contributed by atoms with van der Waals surface area (Å²) < 4.78 is 26.9. The van der Waals surface area contributed by atoms with Crippen LogP contribution in [0.2, 0.25) is 0 Å². The molecule has 1 aromatic carbocycles. The van der Waals surface area contributed by atoms with Crippen LogP contribution in [0.4, 0.5) is 8.78 Å². The summed E-state index contributed by atoms with van der Waals surface area (Å²) in [5.41, 5.74) is 2.68. The SMILES string of the molecule is CCNC(c1cscn1)c1cccc(F)c1F. The van der Waals surface area contributed by atoms with Gasteiger partial charge in [-0.1, -0.05) is 19.1 Å². The monoisotopic (exact) mass is 254 g/mol. The molecule has 0 spiro atoms. The minimum atomic E-state index is -0.833. The minimum absolute atomic E-state index is 0.290. The standard InChI is InChI=1S/C12H12F2N2S/c1-2-15-12(10-6-17-7-16-10)8-4-3-5-9(13)11(8)14/h3-7,12,15H,2H2,1H3. The maximum Gasteiger partial charge on any atom is 0.163 e. The van der Waals surface area contributed by atoms with E-state index in [4.69, 9.17) is 0 Å². The summed E-state index contributed by atoms with van der Waals surface area (Å²) in [5.74, 6) is -1.65. The van der Waals surface area contributed by atoms with Crippen LogP contribution in [0.1, 0.15) is 24.2 Å². The van der Waals surface area contributed by atoms with Crippen molar-refractivity contribution < 1.29 is 8.78 Å². The van der Waals surface area contributed by atoms with Gasteiger partial charge in [0.05, 0.1) is 17.2 Å². The molecule has 0 aliphatic carbocycles. The van der Waals surface area contributed by atoms with Crippen LogP contribution in [-0.2, 0) is 0 Å². The van der Waals surface area contributed by atoms with Crippen molar-refractivity contribution >= 4 is 11.3 Å². The molecule has 1 heterocycles. The molecular weight excluding hydrogens is 242 g/mol. The molecule has 2 rings (SSSR count). The van der Waals surface area contributed by atoms with Crippen LogP contribution in [0.5, 0.6) is 0 Å². The van der Waals surface area contributed by atoms with Gasteiger partial charge in [-0.2, -0.15) is 0 Å². The number of nitrogens with zero attached hydrogens (tertiary/aromatic N) is 1.